The van der Waals surface area contributed by atoms with Crippen molar-refractivity contribution in [2.24, 2.45) is 0 Å². The summed E-state index contributed by atoms with van der Waals surface area (Å²) in [4.78, 5) is 16.4. The van der Waals surface area contributed by atoms with E-state index in [1.165, 1.54) is 11.3 Å². The molecule has 2 heterocycles. The number of benzene rings is 1. The highest BCUT2D eigenvalue weighted by molar-refractivity contribution is 7.80. The van der Waals surface area contributed by atoms with Gasteiger partial charge in [0, 0.05) is 10.9 Å². The number of nitrogens with zero attached hydrogens (tertiary/aromatic N) is 1. The van der Waals surface area contributed by atoms with Crippen LogP contribution in [0.5, 0.6) is 0 Å². The van der Waals surface area contributed by atoms with Crippen molar-refractivity contribution in [3.8, 4) is 11.5 Å². The third-order valence-corrected chi connectivity index (χ3v) is 3.94. The van der Waals surface area contributed by atoms with E-state index in [1.807, 2.05) is 30.5 Å². The van der Waals surface area contributed by atoms with Crippen LogP contribution in [-0.4, -0.2) is 16.0 Å². The predicted molar refractivity (Wildman–Crippen MR) is 94.7 cm³/mol. The lowest BCUT2D eigenvalue weighted by Crippen LogP contribution is -2.34. The second-order valence-electron chi connectivity index (χ2n) is 4.72. The van der Waals surface area contributed by atoms with Gasteiger partial charge in [-0.2, -0.15) is 0 Å². The van der Waals surface area contributed by atoms with E-state index in [9.17, 15) is 4.79 Å². The van der Waals surface area contributed by atoms with Crippen molar-refractivity contribution in [3.63, 3.8) is 0 Å². The summed E-state index contributed by atoms with van der Waals surface area (Å²) in [5, 5.41) is 8.18. The second-order valence-corrected chi connectivity index (χ2v) is 5.99. The van der Waals surface area contributed by atoms with Crippen LogP contribution in [0.4, 0.5) is 5.13 Å². The van der Waals surface area contributed by atoms with Crippen LogP contribution in [0.15, 0.2) is 52.3 Å². The molecule has 1 amide bonds. The van der Waals surface area contributed by atoms with Crippen molar-refractivity contribution in [1.82, 2.24) is 10.3 Å². The van der Waals surface area contributed by atoms with Crippen LogP contribution in [0.1, 0.15) is 16.1 Å². The first-order valence-corrected chi connectivity index (χ1v) is 8.10. The van der Waals surface area contributed by atoms with E-state index in [0.29, 0.717) is 16.5 Å². The van der Waals surface area contributed by atoms with E-state index < -0.39 is 0 Å². The van der Waals surface area contributed by atoms with Crippen LogP contribution in [0.3, 0.4) is 0 Å². The molecule has 0 bridgehead atoms. The van der Waals surface area contributed by atoms with Crippen LogP contribution in [0.2, 0.25) is 0 Å². The minimum atomic E-state index is -0.262. The van der Waals surface area contributed by atoms with E-state index in [4.69, 9.17) is 16.6 Å². The maximum atomic E-state index is 12.0. The van der Waals surface area contributed by atoms with Crippen LogP contribution >= 0.6 is 23.6 Å². The van der Waals surface area contributed by atoms with Gasteiger partial charge in [0.1, 0.15) is 11.5 Å². The number of amides is 1. The summed E-state index contributed by atoms with van der Waals surface area (Å²) < 4.78 is 5.52. The fourth-order valence-corrected chi connectivity index (χ4v) is 2.87. The van der Waals surface area contributed by atoms with E-state index >= 15 is 0 Å². The first kappa shape index (κ1) is 15.4. The molecule has 5 nitrogen and oxygen atoms in total. The Hall–Kier alpha value is -2.51. The van der Waals surface area contributed by atoms with Crippen LogP contribution in [-0.2, 0) is 0 Å². The molecule has 0 atom stereocenters. The van der Waals surface area contributed by atoms with Crippen LogP contribution in [0.25, 0.3) is 11.5 Å². The number of carbonyl (C=O) groups excluding carboxylic acids is 1. The number of furan rings is 1. The molecule has 0 radical (unpaired) electrons. The Morgan fingerprint density at radius 1 is 1.22 bits per heavy atom. The first-order valence-electron chi connectivity index (χ1n) is 6.81. The topological polar surface area (TPSA) is 67.2 Å². The van der Waals surface area contributed by atoms with Gasteiger partial charge in [0.15, 0.2) is 16.0 Å². The zero-order valence-electron chi connectivity index (χ0n) is 12.2. The first-order chi connectivity index (χ1) is 11.1. The molecule has 0 aliphatic heterocycles. The van der Waals surface area contributed by atoms with Crippen molar-refractivity contribution >= 4 is 39.7 Å². The Morgan fingerprint density at radius 2 is 2.00 bits per heavy atom. The largest absolute Gasteiger partial charge is 0.460 e. The molecule has 0 saturated carbocycles. The number of anilines is 1. The third kappa shape index (κ3) is 3.82. The van der Waals surface area contributed by atoms with Gasteiger partial charge in [-0.05, 0) is 43.4 Å². The Balaban J connectivity index is 1.62. The van der Waals surface area contributed by atoms with Gasteiger partial charge >= 0.3 is 0 Å². The Morgan fingerprint density at radius 3 is 2.70 bits per heavy atom. The molecule has 0 unspecified atom stereocenters. The number of hydrogen-bond donors (Lipinski definition) is 2. The fraction of sp³-hybridized carbons (Fsp3) is 0.0625. The van der Waals surface area contributed by atoms with Gasteiger partial charge < -0.3 is 9.73 Å². The standard InChI is InChI=1S/C16H13N3O2S2/c1-10-7-8-13(21-10)12-9-23-16(17-12)19-15(22)18-14(20)11-5-3-2-4-6-11/h2-9H,1H3,(H2,17,18,19,20,22). The number of thiocarbonyl (C=S) groups is 1. The van der Waals surface area contributed by atoms with E-state index in [1.54, 1.807) is 24.3 Å². The fourth-order valence-electron chi connectivity index (χ4n) is 1.91. The van der Waals surface area contributed by atoms with Crippen LogP contribution in [0, 0.1) is 6.92 Å². The molecule has 1 aromatic carbocycles. The van der Waals surface area contributed by atoms with Gasteiger partial charge in [0.25, 0.3) is 5.91 Å². The monoisotopic (exact) mass is 343 g/mol. The highest BCUT2D eigenvalue weighted by Gasteiger charge is 2.11. The maximum absolute atomic E-state index is 12.0. The summed E-state index contributed by atoms with van der Waals surface area (Å²) >= 11 is 6.53. The molecule has 2 N–H and O–H groups in total. The zero-order chi connectivity index (χ0) is 16.2. The minimum Gasteiger partial charge on any atom is -0.460 e. The number of aryl methyl sites for hydroxylation is 1. The lowest BCUT2D eigenvalue weighted by Gasteiger charge is -2.06. The van der Waals surface area contributed by atoms with E-state index in [0.717, 1.165) is 11.5 Å². The molecule has 2 aromatic heterocycles. The summed E-state index contributed by atoms with van der Waals surface area (Å²) in [5.74, 6) is 1.26. The second kappa shape index (κ2) is 6.72. The third-order valence-electron chi connectivity index (χ3n) is 2.98. The molecule has 0 saturated heterocycles. The highest BCUT2D eigenvalue weighted by Crippen LogP contribution is 2.26. The number of hydrogen-bond acceptors (Lipinski definition) is 5. The van der Waals surface area contributed by atoms with Gasteiger partial charge in [-0.15, -0.1) is 11.3 Å². The number of nitrogens with one attached hydrogen (secondary N) is 2. The molecule has 7 heteroatoms. The summed E-state index contributed by atoms with van der Waals surface area (Å²) in [6.07, 6.45) is 0. The number of carbonyl (C=O) groups is 1. The lowest BCUT2D eigenvalue weighted by molar-refractivity contribution is 0.0977. The molecular formula is C16H13N3O2S2. The van der Waals surface area contributed by atoms with Crippen LogP contribution < -0.4 is 10.6 Å². The molecule has 0 aliphatic rings. The molecule has 3 aromatic rings. The smallest absolute Gasteiger partial charge is 0.257 e. The average Bonchev–Trinajstić information content (AvgIpc) is 3.17. The average molecular weight is 343 g/mol. The van der Waals surface area contributed by atoms with E-state index in [-0.39, 0.29) is 11.0 Å². The normalized spacial score (nSPS) is 10.3. The number of thiazole rings is 1. The van der Waals surface area contributed by atoms with Gasteiger partial charge in [-0.25, -0.2) is 4.98 Å². The molecule has 3 rings (SSSR count). The lowest BCUT2D eigenvalue weighted by atomic mass is 10.2. The van der Waals surface area contributed by atoms with Gasteiger partial charge in [0.05, 0.1) is 0 Å². The zero-order valence-corrected chi connectivity index (χ0v) is 13.8. The van der Waals surface area contributed by atoms with Crippen molar-refractivity contribution < 1.29 is 9.21 Å². The number of rotatable bonds is 3. The van der Waals surface area contributed by atoms with Gasteiger partial charge in [-0.3, -0.25) is 10.1 Å². The highest BCUT2D eigenvalue weighted by atomic mass is 32.1. The van der Waals surface area contributed by atoms with Crippen molar-refractivity contribution in [2.45, 2.75) is 6.92 Å². The Kier molecular flexibility index (Phi) is 4.50. The van der Waals surface area contributed by atoms with Crippen molar-refractivity contribution in [2.75, 3.05) is 5.32 Å². The maximum Gasteiger partial charge on any atom is 0.257 e. The van der Waals surface area contributed by atoms with Crippen molar-refractivity contribution in [1.29, 1.82) is 0 Å². The summed E-state index contributed by atoms with van der Waals surface area (Å²) in [7, 11) is 0. The molecule has 116 valence electrons. The summed E-state index contributed by atoms with van der Waals surface area (Å²) in [6.45, 7) is 1.88. The van der Waals surface area contributed by atoms with Gasteiger partial charge in [-0.1, -0.05) is 18.2 Å². The predicted octanol–water partition coefficient (Wildman–Crippen LogP) is 3.84. The summed E-state index contributed by atoms with van der Waals surface area (Å²) in [5.41, 5.74) is 1.27. The minimum absolute atomic E-state index is 0.204. The SMILES string of the molecule is Cc1ccc(-c2csc(NC(=S)NC(=O)c3ccccc3)n2)o1. The van der Waals surface area contributed by atoms with E-state index in [2.05, 4.69) is 15.6 Å². The molecular weight excluding hydrogens is 330 g/mol. The van der Waals surface area contributed by atoms with Gasteiger partial charge in [0.2, 0.25) is 0 Å². The summed E-state index contributed by atoms with van der Waals surface area (Å²) in [6, 6.07) is 12.6. The molecule has 0 spiro atoms. The quantitative estimate of drug-likeness (QED) is 0.707. The Bertz CT molecular complexity index is 840. The Labute approximate surface area is 142 Å². The van der Waals surface area contributed by atoms with Crippen molar-refractivity contribution in [3.05, 3.63) is 59.2 Å². The number of aromatic nitrogens is 1. The molecule has 23 heavy (non-hydrogen) atoms. The molecule has 0 aliphatic carbocycles. The molecule has 0 fully saturated rings.